The minimum atomic E-state index is -1.24. The highest BCUT2D eigenvalue weighted by Crippen LogP contribution is 2.10. The third kappa shape index (κ3) is 2.03. The van der Waals surface area contributed by atoms with Crippen molar-refractivity contribution in [2.24, 2.45) is 0 Å². The molecule has 2 aromatic heterocycles. The van der Waals surface area contributed by atoms with Crippen molar-refractivity contribution in [3.8, 4) is 0 Å². The van der Waals surface area contributed by atoms with Gasteiger partial charge in [-0.15, -0.1) is 0 Å². The van der Waals surface area contributed by atoms with Crippen molar-refractivity contribution >= 4 is 5.97 Å². The monoisotopic (exact) mass is 236 g/mol. The molecule has 88 valence electrons. The van der Waals surface area contributed by atoms with Gasteiger partial charge in [-0.05, 0) is 6.07 Å². The van der Waals surface area contributed by atoms with Crippen LogP contribution >= 0.6 is 0 Å². The Morgan fingerprint density at radius 2 is 2.18 bits per heavy atom. The van der Waals surface area contributed by atoms with Crippen molar-refractivity contribution in [1.29, 1.82) is 0 Å². The van der Waals surface area contributed by atoms with E-state index in [9.17, 15) is 14.4 Å². The number of carboxylic acid groups (broad SMARTS) is 1. The van der Waals surface area contributed by atoms with Crippen molar-refractivity contribution in [2.75, 3.05) is 0 Å². The van der Waals surface area contributed by atoms with E-state index in [0.29, 0.717) is 0 Å². The molecule has 2 heterocycles. The number of H-pyrrole nitrogens is 1. The van der Waals surface area contributed by atoms with E-state index in [4.69, 9.17) is 9.52 Å². The van der Waals surface area contributed by atoms with E-state index in [2.05, 4.69) is 4.98 Å². The van der Waals surface area contributed by atoms with Crippen molar-refractivity contribution in [3.63, 3.8) is 0 Å². The molecule has 0 amide bonds. The molecule has 2 aromatic rings. The van der Waals surface area contributed by atoms with Crippen molar-refractivity contribution in [2.45, 2.75) is 6.54 Å². The molecule has 0 aliphatic carbocycles. The fourth-order valence-electron chi connectivity index (χ4n) is 1.42. The summed E-state index contributed by atoms with van der Waals surface area (Å²) in [5, 5.41) is 8.80. The quantitative estimate of drug-likeness (QED) is 0.772. The van der Waals surface area contributed by atoms with Gasteiger partial charge in [0.25, 0.3) is 5.56 Å². The van der Waals surface area contributed by atoms with E-state index in [1.165, 1.54) is 24.6 Å². The predicted molar refractivity (Wildman–Crippen MR) is 56.1 cm³/mol. The maximum atomic E-state index is 11.4. The number of nitrogens with zero attached hydrogens (tertiary/aromatic N) is 1. The summed E-state index contributed by atoms with van der Waals surface area (Å²) in [4.78, 5) is 35.9. The second-order valence-corrected chi connectivity index (χ2v) is 3.29. The van der Waals surface area contributed by atoms with Gasteiger partial charge in [-0.1, -0.05) is 0 Å². The van der Waals surface area contributed by atoms with Gasteiger partial charge in [0, 0.05) is 17.8 Å². The van der Waals surface area contributed by atoms with Gasteiger partial charge >= 0.3 is 11.7 Å². The van der Waals surface area contributed by atoms with E-state index >= 15 is 0 Å². The smallest absolute Gasteiger partial charge is 0.372 e. The number of aromatic nitrogens is 2. The third-order valence-electron chi connectivity index (χ3n) is 2.21. The van der Waals surface area contributed by atoms with Crippen LogP contribution in [0.2, 0.25) is 0 Å². The Kier molecular flexibility index (Phi) is 2.65. The number of furan rings is 1. The third-order valence-corrected chi connectivity index (χ3v) is 2.21. The van der Waals surface area contributed by atoms with Crippen LogP contribution in [0.1, 0.15) is 16.1 Å². The minimum absolute atomic E-state index is 0.146. The Morgan fingerprint density at radius 1 is 1.41 bits per heavy atom. The predicted octanol–water partition coefficient (Wildman–Crippen LogP) is -0.124. The molecule has 2 N–H and O–H groups in total. The summed E-state index contributed by atoms with van der Waals surface area (Å²) in [6.45, 7) is -0.146. The molecule has 0 spiro atoms. The first kappa shape index (κ1) is 10.9. The van der Waals surface area contributed by atoms with E-state index < -0.39 is 17.2 Å². The minimum Gasteiger partial charge on any atom is -0.475 e. The van der Waals surface area contributed by atoms with Crippen LogP contribution in [0.4, 0.5) is 0 Å². The molecule has 0 radical (unpaired) electrons. The van der Waals surface area contributed by atoms with Gasteiger partial charge in [0.15, 0.2) is 0 Å². The molecule has 0 saturated carbocycles. The second-order valence-electron chi connectivity index (χ2n) is 3.29. The highest BCUT2D eigenvalue weighted by Gasteiger charge is 2.15. The van der Waals surface area contributed by atoms with Gasteiger partial charge in [-0.2, -0.15) is 0 Å². The van der Waals surface area contributed by atoms with Gasteiger partial charge < -0.3 is 14.5 Å². The average molecular weight is 236 g/mol. The lowest BCUT2D eigenvalue weighted by Crippen LogP contribution is -2.34. The Labute approximate surface area is 93.9 Å². The van der Waals surface area contributed by atoms with Gasteiger partial charge in [0.05, 0.1) is 12.8 Å². The fourth-order valence-corrected chi connectivity index (χ4v) is 1.42. The summed E-state index contributed by atoms with van der Waals surface area (Å²) in [7, 11) is 0. The van der Waals surface area contributed by atoms with Crippen LogP contribution in [-0.2, 0) is 6.54 Å². The SMILES string of the molecule is O=C(O)c1occc1Cn1c(=O)cc[nH]c1=O. The zero-order valence-electron chi connectivity index (χ0n) is 8.54. The topological polar surface area (TPSA) is 105 Å². The van der Waals surface area contributed by atoms with Crippen LogP contribution in [0.25, 0.3) is 0 Å². The lowest BCUT2D eigenvalue weighted by molar-refractivity contribution is 0.0660. The van der Waals surface area contributed by atoms with E-state index in [0.717, 1.165) is 4.57 Å². The van der Waals surface area contributed by atoms with Crippen LogP contribution in [0.5, 0.6) is 0 Å². The number of hydrogen-bond donors (Lipinski definition) is 2. The summed E-state index contributed by atoms with van der Waals surface area (Å²) in [5.74, 6) is -1.52. The van der Waals surface area contributed by atoms with Gasteiger partial charge in [0.1, 0.15) is 0 Å². The molecule has 0 bridgehead atoms. The Balaban J connectivity index is 2.45. The van der Waals surface area contributed by atoms with Crippen molar-refractivity contribution in [3.05, 3.63) is 56.8 Å². The molecule has 0 saturated heterocycles. The summed E-state index contributed by atoms with van der Waals surface area (Å²) in [6.07, 6.45) is 2.43. The van der Waals surface area contributed by atoms with E-state index in [1.54, 1.807) is 0 Å². The molecule has 0 aliphatic rings. The lowest BCUT2D eigenvalue weighted by atomic mass is 10.2. The van der Waals surface area contributed by atoms with Crippen LogP contribution < -0.4 is 11.2 Å². The maximum absolute atomic E-state index is 11.4. The number of rotatable bonds is 3. The molecule has 7 heteroatoms. The number of hydrogen-bond acceptors (Lipinski definition) is 4. The molecule has 0 aromatic carbocycles. The van der Waals surface area contributed by atoms with E-state index in [1.807, 2.05) is 0 Å². The highest BCUT2D eigenvalue weighted by atomic mass is 16.4. The Hall–Kier alpha value is -2.57. The number of aromatic carboxylic acids is 1. The standard InChI is InChI=1S/C10H8N2O5/c13-7-1-3-11-10(16)12(7)5-6-2-4-17-8(6)9(14)15/h1-4H,5H2,(H,11,16)(H,14,15). The number of nitrogens with one attached hydrogen (secondary N) is 1. The summed E-state index contributed by atoms with van der Waals surface area (Å²) in [5.41, 5.74) is -0.849. The first-order chi connectivity index (χ1) is 8.09. The number of carboxylic acids is 1. The fraction of sp³-hybridized carbons (Fsp3) is 0.100. The van der Waals surface area contributed by atoms with Crippen molar-refractivity contribution < 1.29 is 14.3 Å². The summed E-state index contributed by atoms with van der Waals surface area (Å²) < 4.78 is 5.64. The van der Waals surface area contributed by atoms with Crippen LogP contribution in [0, 0.1) is 0 Å². The number of carbonyl (C=O) groups is 1. The van der Waals surface area contributed by atoms with Crippen LogP contribution in [0.3, 0.4) is 0 Å². The molecule has 7 nitrogen and oxygen atoms in total. The average Bonchev–Trinajstić information content (AvgIpc) is 2.72. The molecule has 0 fully saturated rings. The Bertz CT molecular complexity index is 635. The molecular weight excluding hydrogens is 228 g/mol. The maximum Gasteiger partial charge on any atom is 0.372 e. The first-order valence-corrected chi connectivity index (χ1v) is 4.68. The second kappa shape index (κ2) is 4.12. The largest absolute Gasteiger partial charge is 0.475 e. The van der Waals surface area contributed by atoms with Crippen LogP contribution in [0.15, 0.2) is 38.6 Å². The summed E-state index contributed by atoms with van der Waals surface area (Å²) in [6, 6.07) is 2.59. The normalized spacial score (nSPS) is 10.4. The van der Waals surface area contributed by atoms with Crippen LogP contribution in [-0.4, -0.2) is 20.6 Å². The first-order valence-electron chi connectivity index (χ1n) is 4.68. The molecule has 0 unspecified atom stereocenters. The molecule has 0 aliphatic heterocycles. The molecular formula is C10H8N2O5. The van der Waals surface area contributed by atoms with Gasteiger partial charge in [-0.25, -0.2) is 9.59 Å². The van der Waals surface area contributed by atoms with Crippen molar-refractivity contribution in [1.82, 2.24) is 9.55 Å². The zero-order valence-corrected chi connectivity index (χ0v) is 8.54. The van der Waals surface area contributed by atoms with E-state index in [-0.39, 0.29) is 17.9 Å². The van der Waals surface area contributed by atoms with Gasteiger partial charge in [0.2, 0.25) is 5.76 Å². The zero-order chi connectivity index (χ0) is 12.4. The number of aromatic amines is 1. The highest BCUT2D eigenvalue weighted by molar-refractivity contribution is 5.86. The molecule has 2 rings (SSSR count). The summed E-state index contributed by atoms with van der Waals surface area (Å²) >= 11 is 0. The molecule has 17 heavy (non-hydrogen) atoms. The Morgan fingerprint density at radius 3 is 2.82 bits per heavy atom. The lowest BCUT2D eigenvalue weighted by Gasteiger charge is -2.01. The van der Waals surface area contributed by atoms with Gasteiger partial charge in [-0.3, -0.25) is 9.36 Å². The molecule has 0 atom stereocenters.